The lowest BCUT2D eigenvalue weighted by molar-refractivity contribution is 0.0694. The van der Waals surface area contributed by atoms with Crippen LogP contribution < -0.4 is 21.4 Å². The maximum Gasteiger partial charge on any atom is 0.341 e. The molecule has 2 saturated carbocycles. The Balaban J connectivity index is 1.70. The molecule has 31 heavy (non-hydrogen) atoms. The molecule has 0 radical (unpaired) electrons. The highest BCUT2D eigenvalue weighted by Crippen LogP contribution is 2.48. The second-order valence-corrected chi connectivity index (χ2v) is 8.85. The van der Waals surface area contributed by atoms with Gasteiger partial charge in [0.05, 0.1) is 22.6 Å². The van der Waals surface area contributed by atoms with Gasteiger partial charge in [-0.05, 0) is 32.2 Å². The smallest absolute Gasteiger partial charge is 0.341 e. The topological polar surface area (TPSA) is 101 Å². The Morgan fingerprint density at radius 1 is 1.32 bits per heavy atom. The third-order valence-electron chi connectivity index (χ3n) is 7.21. The summed E-state index contributed by atoms with van der Waals surface area (Å²) in [4.78, 5) is 25.8. The normalized spacial score (nSPS) is 26.5. The Hall–Kier alpha value is -2.75. The zero-order valence-electron chi connectivity index (χ0n) is 16.9. The van der Waals surface area contributed by atoms with Crippen molar-refractivity contribution in [3.05, 3.63) is 33.6 Å². The molecule has 0 amide bonds. The quantitative estimate of drug-likeness (QED) is 0.623. The number of nitrogens with one attached hydrogen (secondary N) is 1. The van der Waals surface area contributed by atoms with Crippen molar-refractivity contribution >= 4 is 28.2 Å². The zero-order valence-corrected chi connectivity index (χ0v) is 16.9. The number of carboxylic acid groups (broad SMARTS) is 1. The van der Waals surface area contributed by atoms with Crippen molar-refractivity contribution in [2.75, 3.05) is 30.8 Å². The van der Waals surface area contributed by atoms with Crippen LogP contribution in [-0.4, -0.2) is 47.5 Å². The molecule has 0 unspecified atom stereocenters. The van der Waals surface area contributed by atoms with Crippen LogP contribution in [-0.2, 0) is 0 Å². The molecule has 1 aromatic carbocycles. The number of hydrogen-bond donors (Lipinski definition) is 3. The number of hydrogen-bond acceptors (Lipinski definition) is 5. The van der Waals surface area contributed by atoms with Crippen LogP contribution in [0.3, 0.4) is 0 Å². The average Bonchev–Trinajstić information content (AvgIpc) is 3.63. The monoisotopic (exact) mass is 436 g/mol. The molecule has 0 spiro atoms. The number of anilines is 2. The summed E-state index contributed by atoms with van der Waals surface area (Å²) in [5, 5.41) is 12.1. The molecule has 1 aromatic heterocycles. The van der Waals surface area contributed by atoms with E-state index in [1.54, 1.807) is 4.90 Å². The summed E-state index contributed by atoms with van der Waals surface area (Å²) in [5.74, 6) is -3.45. The second-order valence-electron chi connectivity index (χ2n) is 8.85. The number of fused-ring (bicyclic) bond motifs is 1. The summed E-state index contributed by atoms with van der Waals surface area (Å²) in [6.07, 6.45) is 2.45. The van der Waals surface area contributed by atoms with Gasteiger partial charge >= 0.3 is 5.97 Å². The third kappa shape index (κ3) is 2.84. The van der Waals surface area contributed by atoms with Gasteiger partial charge in [-0.25, -0.2) is 18.0 Å². The lowest BCUT2D eigenvalue weighted by Gasteiger charge is -2.26. The molecule has 1 saturated heterocycles. The van der Waals surface area contributed by atoms with E-state index in [9.17, 15) is 19.1 Å². The summed E-state index contributed by atoms with van der Waals surface area (Å²) < 4.78 is 46.1. The van der Waals surface area contributed by atoms with Crippen LogP contribution in [0.15, 0.2) is 11.0 Å². The highest BCUT2D eigenvalue weighted by atomic mass is 19.1. The minimum atomic E-state index is -1.56. The molecular formula is C21H23F3N4O3. The van der Waals surface area contributed by atoms with E-state index in [1.165, 1.54) is 0 Å². The molecule has 0 bridgehead atoms. The summed E-state index contributed by atoms with van der Waals surface area (Å²) in [7, 11) is 1.88. The van der Waals surface area contributed by atoms with Crippen LogP contribution in [0, 0.1) is 17.6 Å². The molecule has 10 heteroatoms. The van der Waals surface area contributed by atoms with Crippen LogP contribution in [0.5, 0.6) is 0 Å². The molecule has 1 aliphatic heterocycles. The number of nitrogens with zero attached hydrogens (tertiary/aromatic N) is 2. The number of carbonyl (C=O) groups is 1. The Morgan fingerprint density at radius 2 is 2.00 bits per heavy atom. The molecule has 7 nitrogen and oxygen atoms in total. The van der Waals surface area contributed by atoms with Crippen LogP contribution in [0.2, 0.25) is 0 Å². The van der Waals surface area contributed by atoms with Gasteiger partial charge < -0.3 is 25.6 Å². The maximum absolute atomic E-state index is 15.8. The van der Waals surface area contributed by atoms with Crippen molar-refractivity contribution in [3.63, 3.8) is 0 Å². The van der Waals surface area contributed by atoms with E-state index in [1.807, 2.05) is 7.05 Å². The molecule has 2 aromatic rings. The zero-order chi connectivity index (χ0) is 22.2. The maximum atomic E-state index is 15.8. The Bertz CT molecular complexity index is 1180. The van der Waals surface area contributed by atoms with Gasteiger partial charge in [0.15, 0.2) is 11.6 Å². The number of benzene rings is 1. The van der Waals surface area contributed by atoms with Crippen LogP contribution >= 0.6 is 0 Å². The van der Waals surface area contributed by atoms with Crippen molar-refractivity contribution in [3.8, 4) is 0 Å². The van der Waals surface area contributed by atoms with Crippen molar-refractivity contribution in [1.82, 2.24) is 9.88 Å². The summed E-state index contributed by atoms with van der Waals surface area (Å²) >= 11 is 0. The van der Waals surface area contributed by atoms with Crippen molar-refractivity contribution in [2.24, 2.45) is 5.92 Å². The molecule has 2 heterocycles. The summed E-state index contributed by atoms with van der Waals surface area (Å²) in [5.41, 5.74) is 2.84. The fraction of sp³-hybridized carbons (Fsp3) is 0.524. The van der Waals surface area contributed by atoms with E-state index in [4.69, 9.17) is 5.73 Å². The Kier molecular flexibility index (Phi) is 4.31. The van der Waals surface area contributed by atoms with Gasteiger partial charge in [0, 0.05) is 31.2 Å². The number of alkyl halides is 1. The lowest BCUT2D eigenvalue weighted by Crippen LogP contribution is -2.38. The van der Waals surface area contributed by atoms with E-state index in [0.717, 1.165) is 30.0 Å². The van der Waals surface area contributed by atoms with Gasteiger partial charge in [-0.3, -0.25) is 4.79 Å². The summed E-state index contributed by atoms with van der Waals surface area (Å²) in [6, 6.07) is -0.821. The Morgan fingerprint density at radius 3 is 2.55 bits per heavy atom. The summed E-state index contributed by atoms with van der Waals surface area (Å²) in [6.45, 7) is 0.839. The molecule has 166 valence electrons. The first-order chi connectivity index (χ1) is 14.7. The minimum absolute atomic E-state index is 0.0158. The molecule has 5 rings (SSSR count). The molecule has 3 aliphatic rings. The molecule has 3 atom stereocenters. The number of nitrogen functional groups attached to an aromatic ring is 1. The van der Waals surface area contributed by atoms with E-state index < -0.39 is 51.9 Å². The lowest BCUT2D eigenvalue weighted by atomic mass is 9.96. The fourth-order valence-electron chi connectivity index (χ4n) is 5.10. The van der Waals surface area contributed by atoms with Crippen molar-refractivity contribution in [2.45, 2.75) is 43.4 Å². The third-order valence-corrected chi connectivity index (χ3v) is 7.21. The molecule has 4 N–H and O–H groups in total. The fourth-order valence-corrected chi connectivity index (χ4v) is 5.10. The van der Waals surface area contributed by atoms with Gasteiger partial charge in [-0.1, -0.05) is 0 Å². The van der Waals surface area contributed by atoms with Crippen LogP contribution in [0.1, 0.15) is 42.1 Å². The van der Waals surface area contributed by atoms with Crippen LogP contribution in [0.4, 0.5) is 24.5 Å². The number of rotatable bonds is 5. The first-order valence-corrected chi connectivity index (χ1v) is 10.4. The first kappa shape index (κ1) is 20.2. The van der Waals surface area contributed by atoms with Crippen molar-refractivity contribution < 1.29 is 23.1 Å². The highest BCUT2D eigenvalue weighted by Gasteiger charge is 2.50. The van der Waals surface area contributed by atoms with Gasteiger partial charge in [-0.2, -0.15) is 0 Å². The largest absolute Gasteiger partial charge is 0.477 e. The predicted molar refractivity (Wildman–Crippen MR) is 109 cm³/mol. The number of halogens is 3. The van der Waals surface area contributed by atoms with Crippen LogP contribution in [0.25, 0.3) is 10.9 Å². The number of nitrogens with two attached hydrogens (primary N) is 1. The number of aromatic carboxylic acids is 1. The standard InChI is InChI=1S/C21H23F3N4O3/c1-26-21(3-4-21)9-2-5-27(7-9)18-14(23)16(25)13-17(15(18)24)28(12-6-11(12)22)8-10(19(13)29)20(30)31/h8-9,11-12,26H,2-7,25H2,1H3,(H,30,31)/t9-,11+,12-/m1/s1. The van der Waals surface area contributed by atoms with Gasteiger partial charge in [-0.15, -0.1) is 0 Å². The number of aromatic nitrogens is 1. The molecule has 3 fully saturated rings. The SMILES string of the molecule is CNC1([C@@H]2CCN(c3c(F)c(N)c4c(=O)c(C(=O)O)cn([C@@H]5C[C@@H]5F)c4c3F)C2)CC1. The van der Waals surface area contributed by atoms with Crippen molar-refractivity contribution in [1.29, 1.82) is 0 Å². The van der Waals surface area contributed by atoms with E-state index in [0.29, 0.717) is 13.1 Å². The van der Waals surface area contributed by atoms with E-state index in [-0.39, 0.29) is 29.1 Å². The average molecular weight is 436 g/mol. The van der Waals surface area contributed by atoms with E-state index in [2.05, 4.69) is 5.32 Å². The first-order valence-electron chi connectivity index (χ1n) is 10.4. The van der Waals surface area contributed by atoms with E-state index >= 15 is 8.78 Å². The molecule has 2 aliphatic carbocycles. The predicted octanol–water partition coefficient (Wildman–Crippen LogP) is 2.42. The highest BCUT2D eigenvalue weighted by molar-refractivity contribution is 5.99. The Labute approximate surface area is 175 Å². The minimum Gasteiger partial charge on any atom is -0.477 e. The number of pyridine rings is 1. The van der Waals surface area contributed by atoms with Gasteiger partial charge in [0.1, 0.15) is 17.4 Å². The number of carboxylic acids is 1. The van der Waals surface area contributed by atoms with Gasteiger partial charge in [0.2, 0.25) is 5.43 Å². The molecular weight excluding hydrogens is 413 g/mol. The second kappa shape index (κ2) is 6.62. The van der Waals surface area contributed by atoms with Gasteiger partial charge in [0.25, 0.3) is 0 Å².